The van der Waals surface area contributed by atoms with Gasteiger partial charge in [-0.05, 0) is 57.2 Å². The van der Waals surface area contributed by atoms with Crippen LogP contribution in [-0.2, 0) is 10.0 Å². The molecule has 0 aromatic heterocycles. The van der Waals surface area contributed by atoms with E-state index in [1.165, 1.54) is 12.1 Å². The monoisotopic (exact) mass is 331 g/mol. The molecule has 1 rings (SSSR count). The maximum absolute atomic E-state index is 12.4. The first-order valence-corrected chi connectivity index (χ1v) is 9.10. The first kappa shape index (κ1) is 18.0. The number of thioether (sulfide) groups is 1. The molecule has 0 saturated carbocycles. The van der Waals surface area contributed by atoms with E-state index < -0.39 is 16.0 Å². The quantitative estimate of drug-likeness (QED) is 0.836. The lowest BCUT2D eigenvalue weighted by molar-refractivity contribution is 0.0696. The van der Waals surface area contributed by atoms with Crippen molar-refractivity contribution in [3.05, 3.63) is 28.8 Å². The molecule has 0 saturated heterocycles. The highest BCUT2D eigenvalue weighted by atomic mass is 32.2. The minimum atomic E-state index is -3.74. The summed E-state index contributed by atoms with van der Waals surface area (Å²) < 4.78 is 27.2. The summed E-state index contributed by atoms with van der Waals surface area (Å²) in [4.78, 5) is 11.1. The van der Waals surface area contributed by atoms with Crippen molar-refractivity contribution >= 4 is 27.8 Å². The number of sulfonamides is 1. The number of rotatable bonds is 6. The Balaban J connectivity index is 3.22. The number of nitrogens with one attached hydrogen (secondary N) is 1. The minimum absolute atomic E-state index is 0.0248. The predicted molar refractivity (Wildman–Crippen MR) is 85.7 cm³/mol. The number of hydrogen-bond donors (Lipinski definition) is 2. The van der Waals surface area contributed by atoms with E-state index in [0.29, 0.717) is 11.1 Å². The Labute approximate surface area is 130 Å². The number of aryl methyl sites for hydroxylation is 1. The standard InChI is InChI=1S/C14H21NO4S2/c1-9-6-11(13(16)17)7-12(10(9)2)21(18,19)15-8-14(3,4)20-5/h6-7,15H,8H2,1-5H3,(H,16,17). The number of hydrogen-bond acceptors (Lipinski definition) is 4. The summed E-state index contributed by atoms with van der Waals surface area (Å²) in [5.41, 5.74) is 1.18. The molecule has 21 heavy (non-hydrogen) atoms. The second-order valence-electron chi connectivity index (χ2n) is 5.51. The molecule has 1 aromatic rings. The molecule has 0 aliphatic rings. The Bertz CT molecular complexity index is 651. The van der Waals surface area contributed by atoms with Gasteiger partial charge in [0.05, 0.1) is 10.5 Å². The number of aromatic carboxylic acids is 1. The fraction of sp³-hybridized carbons (Fsp3) is 0.500. The molecule has 0 heterocycles. The summed E-state index contributed by atoms with van der Waals surface area (Å²) in [6, 6.07) is 2.68. The van der Waals surface area contributed by atoms with Gasteiger partial charge >= 0.3 is 5.97 Å². The van der Waals surface area contributed by atoms with Crippen molar-refractivity contribution in [2.24, 2.45) is 0 Å². The van der Waals surface area contributed by atoms with Crippen LogP contribution in [0.5, 0.6) is 0 Å². The van der Waals surface area contributed by atoms with Gasteiger partial charge in [-0.1, -0.05) is 0 Å². The lowest BCUT2D eigenvalue weighted by Gasteiger charge is -2.22. The van der Waals surface area contributed by atoms with E-state index in [1.54, 1.807) is 25.6 Å². The molecule has 1 aromatic carbocycles. The molecule has 0 atom stereocenters. The summed E-state index contributed by atoms with van der Waals surface area (Å²) in [6.07, 6.45) is 1.91. The highest BCUT2D eigenvalue weighted by Crippen LogP contribution is 2.24. The van der Waals surface area contributed by atoms with Gasteiger partial charge in [-0.15, -0.1) is 0 Å². The third-order valence-corrected chi connectivity index (χ3v) is 6.17. The van der Waals surface area contributed by atoms with E-state index in [4.69, 9.17) is 5.11 Å². The average molecular weight is 331 g/mol. The van der Waals surface area contributed by atoms with Gasteiger partial charge in [-0.2, -0.15) is 11.8 Å². The third kappa shape index (κ3) is 4.46. The molecule has 0 bridgehead atoms. The number of carbonyl (C=O) groups is 1. The van der Waals surface area contributed by atoms with Crippen molar-refractivity contribution in [1.29, 1.82) is 0 Å². The molecular weight excluding hydrogens is 310 g/mol. The van der Waals surface area contributed by atoms with Crippen LogP contribution in [0.25, 0.3) is 0 Å². The highest BCUT2D eigenvalue weighted by molar-refractivity contribution is 8.00. The zero-order valence-electron chi connectivity index (χ0n) is 12.9. The lowest BCUT2D eigenvalue weighted by atomic mass is 10.1. The molecule has 118 valence electrons. The first-order valence-electron chi connectivity index (χ1n) is 6.39. The summed E-state index contributed by atoms with van der Waals surface area (Å²) in [7, 11) is -3.74. The molecule has 0 spiro atoms. The molecule has 2 N–H and O–H groups in total. The lowest BCUT2D eigenvalue weighted by Crippen LogP contribution is -2.36. The Morgan fingerprint density at radius 3 is 2.38 bits per heavy atom. The molecule has 0 aliphatic carbocycles. The van der Waals surface area contributed by atoms with Gasteiger partial charge in [-0.25, -0.2) is 17.9 Å². The van der Waals surface area contributed by atoms with Gasteiger partial charge < -0.3 is 5.11 Å². The van der Waals surface area contributed by atoms with Gasteiger partial charge in [0, 0.05) is 11.3 Å². The summed E-state index contributed by atoms with van der Waals surface area (Å²) in [5, 5.41) is 9.07. The summed E-state index contributed by atoms with van der Waals surface area (Å²) in [6.45, 7) is 7.52. The zero-order chi connectivity index (χ0) is 16.4. The highest BCUT2D eigenvalue weighted by Gasteiger charge is 2.24. The Kier molecular flexibility index (Phi) is 5.46. The molecular formula is C14H21NO4S2. The smallest absolute Gasteiger partial charge is 0.335 e. The Hall–Kier alpha value is -1.05. The maximum atomic E-state index is 12.4. The molecule has 5 nitrogen and oxygen atoms in total. The Morgan fingerprint density at radius 2 is 1.90 bits per heavy atom. The van der Waals surface area contributed by atoms with Gasteiger partial charge in [0.1, 0.15) is 0 Å². The van der Waals surface area contributed by atoms with Crippen molar-refractivity contribution in [1.82, 2.24) is 4.72 Å². The zero-order valence-corrected chi connectivity index (χ0v) is 14.5. The van der Waals surface area contributed by atoms with Crippen LogP contribution in [0, 0.1) is 13.8 Å². The van der Waals surface area contributed by atoms with Crippen molar-refractivity contribution in [2.45, 2.75) is 37.3 Å². The van der Waals surface area contributed by atoms with Gasteiger partial charge in [0.15, 0.2) is 0 Å². The van der Waals surface area contributed by atoms with Crippen molar-refractivity contribution in [3.63, 3.8) is 0 Å². The average Bonchev–Trinajstić information content (AvgIpc) is 2.39. The summed E-state index contributed by atoms with van der Waals surface area (Å²) in [5.74, 6) is -1.14. The molecule has 0 unspecified atom stereocenters. The van der Waals surface area contributed by atoms with E-state index in [0.717, 1.165) is 0 Å². The molecule has 0 radical (unpaired) electrons. The van der Waals surface area contributed by atoms with E-state index >= 15 is 0 Å². The van der Waals surface area contributed by atoms with Crippen LogP contribution in [0.15, 0.2) is 17.0 Å². The first-order chi connectivity index (χ1) is 9.50. The fourth-order valence-corrected chi connectivity index (χ4v) is 3.51. The van der Waals surface area contributed by atoms with E-state index in [-0.39, 0.29) is 21.8 Å². The van der Waals surface area contributed by atoms with Gasteiger partial charge in [-0.3, -0.25) is 0 Å². The topological polar surface area (TPSA) is 83.5 Å². The van der Waals surface area contributed by atoms with E-state index in [1.807, 2.05) is 20.1 Å². The van der Waals surface area contributed by atoms with Crippen LogP contribution in [0.1, 0.15) is 35.3 Å². The fourth-order valence-electron chi connectivity index (χ4n) is 1.65. The normalized spacial score (nSPS) is 12.4. The number of carboxylic acids is 1. The van der Waals surface area contributed by atoms with Crippen LogP contribution in [0.3, 0.4) is 0 Å². The molecule has 0 fully saturated rings. The number of carboxylic acid groups (broad SMARTS) is 1. The third-order valence-electron chi connectivity index (χ3n) is 3.40. The van der Waals surface area contributed by atoms with Crippen molar-refractivity contribution in [3.8, 4) is 0 Å². The second-order valence-corrected chi connectivity index (χ2v) is 8.76. The Morgan fingerprint density at radius 1 is 1.33 bits per heavy atom. The maximum Gasteiger partial charge on any atom is 0.335 e. The van der Waals surface area contributed by atoms with Crippen LogP contribution in [0.2, 0.25) is 0 Å². The van der Waals surface area contributed by atoms with Gasteiger partial charge in [0.2, 0.25) is 10.0 Å². The van der Waals surface area contributed by atoms with E-state index in [9.17, 15) is 13.2 Å². The van der Waals surface area contributed by atoms with Gasteiger partial charge in [0.25, 0.3) is 0 Å². The molecule has 0 aliphatic heterocycles. The molecule has 0 amide bonds. The van der Waals surface area contributed by atoms with E-state index in [2.05, 4.69) is 4.72 Å². The van der Waals surface area contributed by atoms with Crippen LogP contribution in [0.4, 0.5) is 0 Å². The summed E-state index contributed by atoms with van der Waals surface area (Å²) >= 11 is 1.56. The SMILES string of the molecule is CSC(C)(C)CNS(=O)(=O)c1cc(C(=O)O)cc(C)c1C. The van der Waals surface area contributed by atoms with Crippen molar-refractivity contribution in [2.75, 3.05) is 12.8 Å². The number of benzene rings is 1. The largest absolute Gasteiger partial charge is 0.478 e. The van der Waals surface area contributed by atoms with Crippen LogP contribution < -0.4 is 4.72 Å². The minimum Gasteiger partial charge on any atom is -0.478 e. The predicted octanol–water partition coefficient (Wildman–Crippen LogP) is 2.42. The van der Waals surface area contributed by atoms with Crippen molar-refractivity contribution < 1.29 is 18.3 Å². The van der Waals surface area contributed by atoms with Crippen LogP contribution >= 0.6 is 11.8 Å². The second kappa shape index (κ2) is 6.37. The molecule has 7 heteroatoms. The van der Waals surface area contributed by atoms with Crippen LogP contribution in [-0.4, -0.2) is 37.0 Å².